The van der Waals surface area contributed by atoms with E-state index in [4.69, 9.17) is 9.15 Å². The van der Waals surface area contributed by atoms with E-state index in [1.54, 1.807) is 29.4 Å². The highest BCUT2D eigenvalue weighted by Crippen LogP contribution is 2.23. The van der Waals surface area contributed by atoms with Gasteiger partial charge in [0.2, 0.25) is 0 Å². The monoisotopic (exact) mass is 340 g/mol. The van der Waals surface area contributed by atoms with Gasteiger partial charge in [0.1, 0.15) is 5.76 Å². The molecule has 0 radical (unpaired) electrons. The lowest BCUT2D eigenvalue weighted by Gasteiger charge is -2.26. The summed E-state index contributed by atoms with van der Waals surface area (Å²) in [5, 5.41) is 0. The molecule has 2 aromatic heterocycles. The van der Waals surface area contributed by atoms with Gasteiger partial charge in [-0.1, -0.05) is 6.08 Å². The molecule has 2 heterocycles. The van der Waals surface area contributed by atoms with Gasteiger partial charge in [-0.05, 0) is 49.9 Å². The molecule has 0 atom stereocenters. The summed E-state index contributed by atoms with van der Waals surface area (Å²) in [7, 11) is 0. The molecule has 1 aliphatic carbocycles. The van der Waals surface area contributed by atoms with Crippen LogP contribution in [0.4, 0.5) is 0 Å². The highest BCUT2D eigenvalue weighted by Gasteiger charge is 2.22. The third-order valence-electron chi connectivity index (χ3n) is 4.05. The summed E-state index contributed by atoms with van der Waals surface area (Å²) in [6.07, 6.45) is 10.6. The van der Waals surface area contributed by atoms with Gasteiger partial charge >= 0.3 is 5.97 Å². The summed E-state index contributed by atoms with van der Waals surface area (Å²) >= 11 is 0. The van der Waals surface area contributed by atoms with Gasteiger partial charge in [-0.2, -0.15) is 0 Å². The molecule has 0 saturated heterocycles. The van der Waals surface area contributed by atoms with Crippen LogP contribution in [-0.4, -0.2) is 28.4 Å². The van der Waals surface area contributed by atoms with E-state index in [-0.39, 0.29) is 12.5 Å². The number of aromatic nitrogens is 1. The summed E-state index contributed by atoms with van der Waals surface area (Å²) < 4.78 is 10.5. The maximum absolute atomic E-state index is 12.7. The van der Waals surface area contributed by atoms with Crippen LogP contribution in [0.3, 0.4) is 0 Å². The molecule has 0 unspecified atom stereocenters. The van der Waals surface area contributed by atoms with Crippen molar-refractivity contribution in [1.29, 1.82) is 0 Å². The van der Waals surface area contributed by atoms with Crippen molar-refractivity contribution in [3.63, 3.8) is 0 Å². The molecule has 6 heteroatoms. The van der Waals surface area contributed by atoms with Gasteiger partial charge in [0.15, 0.2) is 6.61 Å². The van der Waals surface area contributed by atoms with Crippen LogP contribution < -0.4 is 0 Å². The Labute approximate surface area is 146 Å². The van der Waals surface area contributed by atoms with Crippen LogP contribution in [0.1, 0.15) is 41.8 Å². The summed E-state index contributed by atoms with van der Waals surface area (Å²) in [6.45, 7) is 0.0314. The minimum Gasteiger partial charge on any atom is -0.467 e. The zero-order chi connectivity index (χ0) is 17.5. The molecule has 0 N–H and O–H groups in total. The maximum Gasteiger partial charge on any atom is 0.338 e. The van der Waals surface area contributed by atoms with Crippen molar-refractivity contribution in [1.82, 2.24) is 9.88 Å². The normalized spacial score (nSPS) is 13.8. The second-order valence-corrected chi connectivity index (χ2v) is 5.81. The minimum absolute atomic E-state index is 0.257. The number of esters is 1. The molecular weight excluding hydrogens is 320 g/mol. The number of ether oxygens (including phenoxy) is 1. The Morgan fingerprint density at radius 3 is 2.72 bits per heavy atom. The second-order valence-electron chi connectivity index (χ2n) is 5.81. The average molecular weight is 340 g/mol. The average Bonchev–Trinajstić information content (AvgIpc) is 3.18. The predicted octanol–water partition coefficient (Wildman–Crippen LogP) is 3.32. The number of rotatable bonds is 6. The Kier molecular flexibility index (Phi) is 5.61. The third kappa shape index (κ3) is 4.56. The van der Waals surface area contributed by atoms with Crippen molar-refractivity contribution in [2.24, 2.45) is 0 Å². The predicted molar refractivity (Wildman–Crippen MR) is 90.3 cm³/mol. The molecule has 0 aliphatic heterocycles. The Bertz CT molecular complexity index is 738. The fourth-order valence-corrected chi connectivity index (χ4v) is 2.75. The maximum atomic E-state index is 12.7. The topological polar surface area (TPSA) is 72.6 Å². The quantitative estimate of drug-likeness (QED) is 0.754. The van der Waals surface area contributed by atoms with Crippen LogP contribution in [0.25, 0.3) is 0 Å². The van der Waals surface area contributed by atoms with E-state index in [2.05, 4.69) is 11.1 Å². The molecule has 1 amide bonds. The van der Waals surface area contributed by atoms with Crippen molar-refractivity contribution in [2.75, 3.05) is 6.61 Å². The SMILES string of the molecule is O=C(OCC(=O)N(Cc1ccco1)C1=CCCCC1)c1ccncc1. The highest BCUT2D eigenvalue weighted by atomic mass is 16.5. The van der Waals surface area contributed by atoms with Crippen LogP contribution in [0.2, 0.25) is 0 Å². The van der Waals surface area contributed by atoms with Crippen LogP contribution in [0.5, 0.6) is 0 Å². The van der Waals surface area contributed by atoms with Gasteiger partial charge < -0.3 is 14.1 Å². The number of hydrogen-bond acceptors (Lipinski definition) is 5. The van der Waals surface area contributed by atoms with Crippen molar-refractivity contribution in [3.05, 3.63) is 66.0 Å². The molecule has 0 saturated carbocycles. The first-order valence-electron chi connectivity index (χ1n) is 8.33. The lowest BCUT2D eigenvalue weighted by molar-refractivity contribution is -0.133. The summed E-state index contributed by atoms with van der Waals surface area (Å²) in [6, 6.07) is 6.72. The third-order valence-corrected chi connectivity index (χ3v) is 4.05. The van der Waals surface area contributed by atoms with Crippen molar-refractivity contribution < 1.29 is 18.7 Å². The summed E-state index contributed by atoms with van der Waals surface area (Å²) in [5.74, 6) is -0.0986. The molecule has 2 aromatic rings. The van der Waals surface area contributed by atoms with Gasteiger partial charge in [-0.25, -0.2) is 4.79 Å². The molecule has 6 nitrogen and oxygen atoms in total. The number of amides is 1. The van der Waals surface area contributed by atoms with Gasteiger partial charge in [-0.15, -0.1) is 0 Å². The van der Waals surface area contributed by atoms with Crippen LogP contribution in [0.15, 0.2) is 59.1 Å². The van der Waals surface area contributed by atoms with E-state index in [0.29, 0.717) is 17.9 Å². The Hall–Kier alpha value is -2.89. The number of furan rings is 1. The molecule has 1 aliphatic rings. The van der Waals surface area contributed by atoms with E-state index in [1.165, 1.54) is 12.4 Å². The molecule has 130 valence electrons. The van der Waals surface area contributed by atoms with Crippen molar-refractivity contribution in [2.45, 2.75) is 32.2 Å². The molecule has 0 aromatic carbocycles. The zero-order valence-corrected chi connectivity index (χ0v) is 13.9. The Morgan fingerprint density at radius 2 is 2.04 bits per heavy atom. The Balaban J connectivity index is 1.66. The van der Waals surface area contributed by atoms with E-state index in [9.17, 15) is 9.59 Å². The van der Waals surface area contributed by atoms with Crippen LogP contribution in [0, 0.1) is 0 Å². The first-order chi connectivity index (χ1) is 12.2. The summed E-state index contributed by atoms with van der Waals surface area (Å²) in [4.78, 5) is 30.2. The number of hydrogen-bond donors (Lipinski definition) is 0. The minimum atomic E-state index is -0.536. The fraction of sp³-hybridized carbons (Fsp3) is 0.316. The lowest BCUT2D eigenvalue weighted by atomic mass is 10.0. The Morgan fingerprint density at radius 1 is 1.20 bits per heavy atom. The molecule has 0 bridgehead atoms. The smallest absolute Gasteiger partial charge is 0.338 e. The van der Waals surface area contributed by atoms with E-state index < -0.39 is 5.97 Å². The second kappa shape index (κ2) is 8.28. The number of carbonyl (C=O) groups is 2. The molecular formula is C19H20N2O4. The largest absolute Gasteiger partial charge is 0.467 e. The molecule has 0 fully saturated rings. The van der Waals surface area contributed by atoms with Gasteiger partial charge in [0, 0.05) is 18.1 Å². The molecule has 0 spiro atoms. The number of nitrogens with zero attached hydrogens (tertiary/aromatic N) is 2. The highest BCUT2D eigenvalue weighted by molar-refractivity contribution is 5.91. The fourth-order valence-electron chi connectivity index (χ4n) is 2.75. The molecule has 3 rings (SSSR count). The lowest BCUT2D eigenvalue weighted by Crippen LogP contribution is -2.34. The first kappa shape index (κ1) is 17.0. The van der Waals surface area contributed by atoms with Crippen molar-refractivity contribution in [3.8, 4) is 0 Å². The molecule has 25 heavy (non-hydrogen) atoms. The van der Waals surface area contributed by atoms with E-state index in [0.717, 1.165) is 31.4 Å². The van der Waals surface area contributed by atoms with Gasteiger partial charge in [-0.3, -0.25) is 9.78 Å². The number of carbonyl (C=O) groups excluding carboxylic acids is 2. The van der Waals surface area contributed by atoms with E-state index >= 15 is 0 Å². The standard InChI is InChI=1S/C19H20N2O4/c22-18(14-25-19(23)15-8-10-20-11-9-15)21(13-17-7-4-12-24-17)16-5-2-1-3-6-16/h4-5,7-12H,1-3,6,13-14H2. The first-order valence-corrected chi connectivity index (χ1v) is 8.33. The number of allylic oxidation sites excluding steroid dienone is 2. The summed E-state index contributed by atoms with van der Waals surface area (Å²) in [5.41, 5.74) is 1.34. The van der Waals surface area contributed by atoms with Crippen LogP contribution >= 0.6 is 0 Å². The van der Waals surface area contributed by atoms with Crippen LogP contribution in [-0.2, 0) is 16.1 Å². The van der Waals surface area contributed by atoms with Gasteiger partial charge in [0.05, 0.1) is 18.4 Å². The zero-order valence-electron chi connectivity index (χ0n) is 13.9. The van der Waals surface area contributed by atoms with Crippen molar-refractivity contribution >= 4 is 11.9 Å². The van der Waals surface area contributed by atoms with Gasteiger partial charge in [0.25, 0.3) is 5.91 Å². The van der Waals surface area contributed by atoms with E-state index in [1.807, 2.05) is 6.07 Å². The number of pyridine rings is 1.